The van der Waals surface area contributed by atoms with Crippen molar-refractivity contribution in [2.75, 3.05) is 18.0 Å². The highest BCUT2D eigenvalue weighted by molar-refractivity contribution is 5.36. The van der Waals surface area contributed by atoms with Crippen molar-refractivity contribution in [1.82, 2.24) is 25.0 Å². The molecule has 0 saturated carbocycles. The second-order valence-electron chi connectivity index (χ2n) is 4.93. The fourth-order valence-corrected chi connectivity index (χ4v) is 2.52. The largest absolute Gasteiger partial charge is 0.339 e. The molecule has 1 fully saturated rings. The highest BCUT2D eigenvalue weighted by atomic mass is 15.4. The van der Waals surface area contributed by atoms with Crippen LogP contribution in [0, 0.1) is 18.3 Å². The normalized spacial score (nSPS) is 18.8. The van der Waals surface area contributed by atoms with Crippen LogP contribution in [-0.2, 0) is 0 Å². The molecule has 2 aromatic heterocycles. The standard InChI is InChI=1S/C13H15N7/c1-10-7-11(8-14)17-13(16-10)19-5-2-3-12(9-19)20-6-4-15-18-20/h4,6-7,12H,2-3,5,9H2,1H3. The predicted molar refractivity (Wildman–Crippen MR) is 72.0 cm³/mol. The van der Waals surface area contributed by atoms with Crippen molar-refractivity contribution in [3.05, 3.63) is 29.8 Å². The van der Waals surface area contributed by atoms with Gasteiger partial charge in [-0.3, -0.25) is 0 Å². The summed E-state index contributed by atoms with van der Waals surface area (Å²) in [6.45, 7) is 3.57. The average molecular weight is 269 g/mol. The number of piperidine rings is 1. The van der Waals surface area contributed by atoms with Crippen LogP contribution in [0.5, 0.6) is 0 Å². The summed E-state index contributed by atoms with van der Waals surface area (Å²) in [6, 6.07) is 4.06. The quantitative estimate of drug-likeness (QED) is 0.811. The van der Waals surface area contributed by atoms with Crippen LogP contribution in [-0.4, -0.2) is 38.1 Å². The van der Waals surface area contributed by atoms with Gasteiger partial charge in [-0.2, -0.15) is 5.26 Å². The summed E-state index contributed by atoms with van der Waals surface area (Å²) in [5.74, 6) is 0.631. The molecule has 0 N–H and O–H groups in total. The molecule has 1 atom stereocenters. The van der Waals surface area contributed by atoms with E-state index in [4.69, 9.17) is 5.26 Å². The molecule has 7 heteroatoms. The van der Waals surface area contributed by atoms with Crippen molar-refractivity contribution in [3.8, 4) is 6.07 Å². The maximum absolute atomic E-state index is 9.01. The summed E-state index contributed by atoms with van der Waals surface area (Å²) in [7, 11) is 0. The summed E-state index contributed by atoms with van der Waals surface area (Å²) in [4.78, 5) is 10.9. The SMILES string of the molecule is Cc1cc(C#N)nc(N2CCCC(n3ccnn3)C2)n1. The van der Waals surface area contributed by atoms with Crippen molar-refractivity contribution < 1.29 is 0 Å². The van der Waals surface area contributed by atoms with Gasteiger partial charge in [0.1, 0.15) is 11.8 Å². The van der Waals surface area contributed by atoms with Gasteiger partial charge < -0.3 is 4.90 Å². The lowest BCUT2D eigenvalue weighted by Gasteiger charge is -2.32. The van der Waals surface area contributed by atoms with Crippen LogP contribution >= 0.6 is 0 Å². The van der Waals surface area contributed by atoms with Gasteiger partial charge in [0.2, 0.25) is 5.95 Å². The van der Waals surface area contributed by atoms with Gasteiger partial charge in [-0.15, -0.1) is 5.10 Å². The molecule has 0 aliphatic carbocycles. The minimum atomic E-state index is 0.279. The number of aryl methyl sites for hydroxylation is 1. The van der Waals surface area contributed by atoms with Crippen LogP contribution in [0.25, 0.3) is 0 Å². The number of rotatable bonds is 2. The Balaban J connectivity index is 1.84. The van der Waals surface area contributed by atoms with Crippen molar-refractivity contribution in [3.63, 3.8) is 0 Å². The smallest absolute Gasteiger partial charge is 0.226 e. The van der Waals surface area contributed by atoms with Gasteiger partial charge in [0.25, 0.3) is 0 Å². The Labute approximate surface area is 116 Å². The third-order valence-electron chi connectivity index (χ3n) is 3.45. The number of anilines is 1. The van der Waals surface area contributed by atoms with Crippen LogP contribution in [0.1, 0.15) is 30.3 Å². The Bertz CT molecular complexity index is 629. The van der Waals surface area contributed by atoms with Crippen LogP contribution in [0.3, 0.4) is 0 Å². The molecule has 3 rings (SSSR count). The van der Waals surface area contributed by atoms with Gasteiger partial charge in [0.15, 0.2) is 0 Å². The van der Waals surface area contributed by atoms with E-state index < -0.39 is 0 Å². The Kier molecular flexibility index (Phi) is 3.29. The van der Waals surface area contributed by atoms with E-state index in [9.17, 15) is 0 Å². The number of hydrogen-bond acceptors (Lipinski definition) is 6. The lowest BCUT2D eigenvalue weighted by molar-refractivity contribution is 0.366. The molecule has 0 aromatic carbocycles. The van der Waals surface area contributed by atoms with Crippen molar-refractivity contribution in [1.29, 1.82) is 5.26 Å². The first kappa shape index (κ1) is 12.5. The fourth-order valence-electron chi connectivity index (χ4n) is 2.52. The van der Waals surface area contributed by atoms with Crippen molar-refractivity contribution in [2.24, 2.45) is 0 Å². The van der Waals surface area contributed by atoms with Crippen LogP contribution in [0.4, 0.5) is 5.95 Å². The van der Waals surface area contributed by atoms with E-state index in [1.807, 2.05) is 17.8 Å². The lowest BCUT2D eigenvalue weighted by atomic mass is 10.1. The molecule has 1 unspecified atom stereocenters. The van der Waals surface area contributed by atoms with Crippen LogP contribution in [0.15, 0.2) is 18.5 Å². The second kappa shape index (κ2) is 5.25. The second-order valence-corrected chi connectivity index (χ2v) is 4.93. The van der Waals surface area contributed by atoms with Crippen LogP contribution in [0.2, 0.25) is 0 Å². The number of aromatic nitrogens is 5. The monoisotopic (exact) mass is 269 g/mol. The molecule has 1 aliphatic heterocycles. The highest BCUT2D eigenvalue weighted by Crippen LogP contribution is 2.23. The van der Waals surface area contributed by atoms with E-state index >= 15 is 0 Å². The van der Waals surface area contributed by atoms with E-state index in [1.165, 1.54) is 0 Å². The summed E-state index contributed by atoms with van der Waals surface area (Å²) < 4.78 is 1.88. The number of nitriles is 1. The molecular formula is C13H15N7. The lowest BCUT2D eigenvalue weighted by Crippen LogP contribution is -2.38. The van der Waals surface area contributed by atoms with E-state index in [2.05, 4.69) is 31.2 Å². The first-order chi connectivity index (χ1) is 9.76. The summed E-state index contributed by atoms with van der Waals surface area (Å²) in [6.07, 6.45) is 5.68. The van der Waals surface area contributed by atoms with Gasteiger partial charge in [-0.1, -0.05) is 5.21 Å². The molecule has 0 spiro atoms. The van der Waals surface area contributed by atoms with Crippen molar-refractivity contribution in [2.45, 2.75) is 25.8 Å². The summed E-state index contributed by atoms with van der Waals surface area (Å²) in [5, 5.41) is 16.9. The predicted octanol–water partition coefficient (Wildman–Crippen LogP) is 1.09. The molecule has 102 valence electrons. The first-order valence-corrected chi connectivity index (χ1v) is 6.63. The first-order valence-electron chi connectivity index (χ1n) is 6.63. The molecule has 0 bridgehead atoms. The average Bonchev–Trinajstić information content (AvgIpc) is 3.01. The molecule has 1 aliphatic rings. The van der Waals surface area contributed by atoms with E-state index in [-0.39, 0.29) is 6.04 Å². The Morgan fingerprint density at radius 3 is 3.05 bits per heavy atom. The Morgan fingerprint density at radius 1 is 1.40 bits per heavy atom. The molecule has 0 amide bonds. The number of nitrogens with zero attached hydrogens (tertiary/aromatic N) is 7. The minimum absolute atomic E-state index is 0.279. The number of hydrogen-bond donors (Lipinski definition) is 0. The molecule has 3 heterocycles. The van der Waals surface area contributed by atoms with E-state index in [0.29, 0.717) is 11.6 Å². The molecule has 1 saturated heterocycles. The van der Waals surface area contributed by atoms with Gasteiger partial charge in [0, 0.05) is 25.0 Å². The molecule has 0 radical (unpaired) electrons. The van der Waals surface area contributed by atoms with E-state index in [0.717, 1.165) is 31.6 Å². The molecule has 7 nitrogen and oxygen atoms in total. The topological polar surface area (TPSA) is 83.5 Å². The zero-order chi connectivity index (χ0) is 13.9. The minimum Gasteiger partial charge on any atom is -0.339 e. The highest BCUT2D eigenvalue weighted by Gasteiger charge is 2.23. The van der Waals surface area contributed by atoms with Gasteiger partial charge in [-0.25, -0.2) is 14.6 Å². The van der Waals surface area contributed by atoms with Crippen molar-refractivity contribution >= 4 is 5.95 Å². The van der Waals surface area contributed by atoms with Gasteiger partial charge >= 0.3 is 0 Å². The molecular weight excluding hydrogens is 254 g/mol. The molecule has 2 aromatic rings. The van der Waals surface area contributed by atoms with Crippen LogP contribution < -0.4 is 4.90 Å². The fraction of sp³-hybridized carbons (Fsp3) is 0.462. The summed E-state index contributed by atoms with van der Waals surface area (Å²) >= 11 is 0. The maximum Gasteiger partial charge on any atom is 0.226 e. The zero-order valence-electron chi connectivity index (χ0n) is 11.3. The molecule has 20 heavy (non-hydrogen) atoms. The Hall–Kier alpha value is -2.49. The third-order valence-corrected chi connectivity index (χ3v) is 3.45. The zero-order valence-corrected chi connectivity index (χ0v) is 11.3. The Morgan fingerprint density at radius 2 is 2.30 bits per heavy atom. The van der Waals surface area contributed by atoms with Gasteiger partial charge in [0.05, 0.1) is 12.2 Å². The third kappa shape index (κ3) is 2.45. The van der Waals surface area contributed by atoms with E-state index in [1.54, 1.807) is 12.3 Å². The maximum atomic E-state index is 9.01. The summed E-state index contributed by atoms with van der Waals surface area (Å²) in [5.41, 5.74) is 1.23. The van der Waals surface area contributed by atoms with Gasteiger partial charge in [-0.05, 0) is 25.8 Å².